The molecule has 1 saturated heterocycles. The summed E-state index contributed by atoms with van der Waals surface area (Å²) in [7, 11) is 1.71. The summed E-state index contributed by atoms with van der Waals surface area (Å²) in [6.07, 6.45) is 5.48. The summed E-state index contributed by atoms with van der Waals surface area (Å²) in [5.74, 6) is 1.69. The number of ether oxygens (including phenoxy) is 1. The Hall–Kier alpha value is -1.95. The highest BCUT2D eigenvalue weighted by Crippen LogP contribution is 2.30. The molecule has 0 bridgehead atoms. The Balaban J connectivity index is 1.85. The van der Waals surface area contributed by atoms with Crippen molar-refractivity contribution in [3.8, 4) is 0 Å². The average molecular weight is 330 g/mol. The fraction of sp³-hybridized carbons (Fsp3) is 0.611. The molecule has 24 heavy (non-hydrogen) atoms. The number of methoxy groups -OCH3 is 1. The molecule has 1 fully saturated rings. The molecule has 0 unspecified atom stereocenters. The fourth-order valence-corrected chi connectivity index (χ4v) is 3.38. The van der Waals surface area contributed by atoms with E-state index in [4.69, 9.17) is 9.72 Å². The molecule has 3 heterocycles. The molecular formula is C18H26N4O2. The molecule has 3 rings (SSSR count). The maximum atomic E-state index is 12.5. The van der Waals surface area contributed by atoms with Crippen LogP contribution in [-0.4, -0.2) is 52.1 Å². The predicted octanol–water partition coefficient (Wildman–Crippen LogP) is 2.44. The first-order valence-electron chi connectivity index (χ1n) is 8.73. The van der Waals surface area contributed by atoms with Gasteiger partial charge in [0.2, 0.25) is 5.91 Å². The Morgan fingerprint density at radius 3 is 3.08 bits per heavy atom. The number of nitrogens with zero attached hydrogens (tertiary/aromatic N) is 4. The number of amides is 1. The topological polar surface area (TPSA) is 60.2 Å². The highest BCUT2D eigenvalue weighted by molar-refractivity contribution is 5.79. The van der Waals surface area contributed by atoms with Crippen molar-refractivity contribution in [3.05, 3.63) is 24.3 Å². The standard InChI is InChI=1S/C18H26N4O2/c1-4-13(2)18(23)21-8-6-14(12-21)17-20-15-5-7-19-11-16(15)22(17)9-10-24-3/h5,7,11,13-14H,4,6,8-10,12H2,1-3H3/t13-,14-/m1/s1. The maximum Gasteiger partial charge on any atom is 0.225 e. The second-order valence-corrected chi connectivity index (χ2v) is 6.56. The molecule has 0 spiro atoms. The van der Waals surface area contributed by atoms with E-state index in [2.05, 4.69) is 16.5 Å². The summed E-state index contributed by atoms with van der Waals surface area (Å²) in [4.78, 5) is 23.5. The van der Waals surface area contributed by atoms with Crippen LogP contribution in [0.15, 0.2) is 18.5 Å². The molecule has 6 nitrogen and oxygen atoms in total. The summed E-state index contributed by atoms with van der Waals surface area (Å²) in [6, 6.07) is 1.94. The lowest BCUT2D eigenvalue weighted by atomic mass is 10.1. The van der Waals surface area contributed by atoms with E-state index in [1.54, 1.807) is 13.3 Å². The summed E-state index contributed by atoms with van der Waals surface area (Å²) >= 11 is 0. The molecule has 2 atom stereocenters. The smallest absolute Gasteiger partial charge is 0.225 e. The summed E-state index contributed by atoms with van der Waals surface area (Å²) < 4.78 is 7.46. The number of pyridine rings is 1. The molecule has 1 aliphatic heterocycles. The molecule has 0 aliphatic carbocycles. The highest BCUT2D eigenvalue weighted by atomic mass is 16.5. The van der Waals surface area contributed by atoms with Crippen LogP contribution in [0.2, 0.25) is 0 Å². The van der Waals surface area contributed by atoms with E-state index >= 15 is 0 Å². The van der Waals surface area contributed by atoms with Crippen LogP contribution in [0.4, 0.5) is 0 Å². The van der Waals surface area contributed by atoms with Crippen molar-refractivity contribution in [3.63, 3.8) is 0 Å². The molecule has 2 aromatic heterocycles. The van der Waals surface area contributed by atoms with E-state index in [1.807, 2.05) is 24.1 Å². The van der Waals surface area contributed by atoms with Crippen LogP contribution >= 0.6 is 0 Å². The van der Waals surface area contributed by atoms with Gasteiger partial charge in [-0.05, 0) is 18.9 Å². The van der Waals surface area contributed by atoms with Crippen LogP contribution in [0, 0.1) is 5.92 Å². The lowest BCUT2D eigenvalue weighted by molar-refractivity contribution is -0.134. The SMILES string of the molecule is CC[C@@H](C)C(=O)N1CC[C@@H](c2nc3ccncc3n2CCOC)C1. The zero-order chi connectivity index (χ0) is 17.1. The van der Waals surface area contributed by atoms with Crippen molar-refractivity contribution in [2.24, 2.45) is 5.92 Å². The van der Waals surface area contributed by atoms with Gasteiger partial charge in [-0.1, -0.05) is 13.8 Å². The number of imidazole rings is 1. The van der Waals surface area contributed by atoms with Crippen molar-refractivity contribution in [1.82, 2.24) is 19.4 Å². The average Bonchev–Trinajstić information content (AvgIpc) is 3.23. The highest BCUT2D eigenvalue weighted by Gasteiger charge is 2.32. The van der Waals surface area contributed by atoms with Gasteiger partial charge in [0.05, 0.1) is 23.8 Å². The second-order valence-electron chi connectivity index (χ2n) is 6.56. The number of hydrogen-bond donors (Lipinski definition) is 0. The second kappa shape index (κ2) is 7.30. The number of hydrogen-bond acceptors (Lipinski definition) is 4. The van der Waals surface area contributed by atoms with Crippen LogP contribution in [0.5, 0.6) is 0 Å². The first-order valence-corrected chi connectivity index (χ1v) is 8.73. The molecule has 130 valence electrons. The van der Waals surface area contributed by atoms with Gasteiger partial charge in [0.15, 0.2) is 0 Å². The Morgan fingerprint density at radius 1 is 1.50 bits per heavy atom. The predicted molar refractivity (Wildman–Crippen MR) is 92.8 cm³/mol. The van der Waals surface area contributed by atoms with Gasteiger partial charge in [-0.3, -0.25) is 9.78 Å². The van der Waals surface area contributed by atoms with E-state index in [0.29, 0.717) is 6.61 Å². The van der Waals surface area contributed by atoms with Crippen molar-refractivity contribution in [2.75, 3.05) is 26.8 Å². The van der Waals surface area contributed by atoms with E-state index < -0.39 is 0 Å². The van der Waals surface area contributed by atoms with Gasteiger partial charge in [-0.2, -0.15) is 0 Å². The van der Waals surface area contributed by atoms with Gasteiger partial charge < -0.3 is 14.2 Å². The largest absolute Gasteiger partial charge is 0.383 e. The number of likely N-dealkylation sites (tertiary alicyclic amines) is 1. The summed E-state index contributed by atoms with van der Waals surface area (Å²) in [5, 5.41) is 0. The van der Waals surface area contributed by atoms with Crippen LogP contribution in [0.25, 0.3) is 11.0 Å². The van der Waals surface area contributed by atoms with Crippen molar-refractivity contribution in [1.29, 1.82) is 0 Å². The number of fused-ring (bicyclic) bond motifs is 1. The number of carbonyl (C=O) groups excluding carboxylic acids is 1. The monoisotopic (exact) mass is 330 g/mol. The van der Waals surface area contributed by atoms with Gasteiger partial charge in [0.25, 0.3) is 0 Å². The maximum absolute atomic E-state index is 12.5. The normalized spacial score (nSPS) is 19.1. The molecular weight excluding hydrogens is 304 g/mol. The lowest BCUT2D eigenvalue weighted by Gasteiger charge is -2.20. The van der Waals surface area contributed by atoms with E-state index in [-0.39, 0.29) is 17.7 Å². The van der Waals surface area contributed by atoms with Gasteiger partial charge in [0.1, 0.15) is 5.82 Å². The molecule has 6 heteroatoms. The van der Waals surface area contributed by atoms with Crippen LogP contribution in [0.3, 0.4) is 0 Å². The summed E-state index contributed by atoms with van der Waals surface area (Å²) in [6.45, 7) is 7.04. The Morgan fingerprint density at radius 2 is 2.33 bits per heavy atom. The van der Waals surface area contributed by atoms with Crippen molar-refractivity contribution < 1.29 is 9.53 Å². The zero-order valence-electron chi connectivity index (χ0n) is 14.7. The van der Waals surface area contributed by atoms with Gasteiger partial charge in [-0.15, -0.1) is 0 Å². The number of aromatic nitrogens is 3. The Kier molecular flexibility index (Phi) is 5.14. The zero-order valence-corrected chi connectivity index (χ0v) is 14.7. The third kappa shape index (κ3) is 3.15. The number of rotatable bonds is 6. The van der Waals surface area contributed by atoms with E-state index in [1.165, 1.54) is 0 Å². The first-order chi connectivity index (χ1) is 11.7. The van der Waals surface area contributed by atoms with Gasteiger partial charge in [0, 0.05) is 44.8 Å². The fourth-order valence-electron chi connectivity index (χ4n) is 3.38. The minimum Gasteiger partial charge on any atom is -0.383 e. The molecule has 1 aliphatic rings. The number of carbonyl (C=O) groups is 1. The molecule has 0 aromatic carbocycles. The van der Waals surface area contributed by atoms with Crippen LogP contribution in [0.1, 0.15) is 38.4 Å². The third-order valence-corrected chi connectivity index (χ3v) is 5.00. The van der Waals surface area contributed by atoms with Crippen molar-refractivity contribution >= 4 is 16.9 Å². The molecule has 2 aromatic rings. The van der Waals surface area contributed by atoms with E-state index in [9.17, 15) is 4.79 Å². The third-order valence-electron chi connectivity index (χ3n) is 5.00. The van der Waals surface area contributed by atoms with E-state index in [0.717, 1.165) is 49.3 Å². The minimum atomic E-state index is 0.0975. The van der Waals surface area contributed by atoms with Crippen LogP contribution in [-0.2, 0) is 16.1 Å². The van der Waals surface area contributed by atoms with Gasteiger partial charge >= 0.3 is 0 Å². The first kappa shape index (κ1) is 16.9. The molecule has 0 saturated carbocycles. The van der Waals surface area contributed by atoms with Crippen molar-refractivity contribution in [2.45, 2.75) is 39.2 Å². The molecule has 1 amide bonds. The Labute approximate surface area is 142 Å². The molecule has 0 N–H and O–H groups in total. The molecule has 0 radical (unpaired) electrons. The quantitative estimate of drug-likeness (QED) is 0.816. The summed E-state index contributed by atoms with van der Waals surface area (Å²) in [5.41, 5.74) is 2.00. The lowest BCUT2D eigenvalue weighted by Crippen LogP contribution is -2.33. The van der Waals surface area contributed by atoms with Crippen LogP contribution < -0.4 is 0 Å². The van der Waals surface area contributed by atoms with Gasteiger partial charge in [-0.25, -0.2) is 4.98 Å². The minimum absolute atomic E-state index is 0.0975. The Bertz CT molecular complexity index is 712.